The largest absolute Gasteiger partial charge is 0.338 e. The van der Waals surface area contributed by atoms with Gasteiger partial charge in [-0.15, -0.1) is 0 Å². The van der Waals surface area contributed by atoms with Crippen molar-refractivity contribution in [2.45, 2.75) is 31.8 Å². The van der Waals surface area contributed by atoms with Gasteiger partial charge in [0.1, 0.15) is 5.82 Å². The zero-order valence-electron chi connectivity index (χ0n) is 17.9. The van der Waals surface area contributed by atoms with E-state index in [2.05, 4.69) is 10.3 Å². The van der Waals surface area contributed by atoms with Crippen molar-refractivity contribution < 1.29 is 4.79 Å². The first-order valence-corrected chi connectivity index (χ1v) is 10.8. The highest BCUT2D eigenvalue weighted by Crippen LogP contribution is 2.21. The first-order chi connectivity index (χ1) is 15.1. The number of carbonyl (C=O) groups is 1. The number of aryl methyl sites for hydroxylation is 1. The molecule has 0 bridgehead atoms. The van der Waals surface area contributed by atoms with Crippen molar-refractivity contribution in [2.75, 3.05) is 13.1 Å². The van der Waals surface area contributed by atoms with Crippen LogP contribution >= 0.6 is 0 Å². The topological polar surface area (TPSA) is 72.2 Å². The van der Waals surface area contributed by atoms with Gasteiger partial charge in [0, 0.05) is 51.2 Å². The van der Waals surface area contributed by atoms with E-state index in [0.29, 0.717) is 19.0 Å². The predicted molar refractivity (Wildman–Crippen MR) is 120 cm³/mol. The molecule has 31 heavy (non-hydrogen) atoms. The van der Waals surface area contributed by atoms with Crippen molar-refractivity contribution in [3.05, 3.63) is 88.9 Å². The van der Waals surface area contributed by atoms with E-state index >= 15 is 0 Å². The number of hydrogen-bond acceptors (Lipinski definition) is 3. The predicted octanol–water partition coefficient (Wildman–Crippen LogP) is 2.99. The zero-order chi connectivity index (χ0) is 21.6. The Morgan fingerprint density at radius 2 is 1.97 bits per heavy atom. The van der Waals surface area contributed by atoms with Crippen molar-refractivity contribution in [1.82, 2.24) is 24.3 Å². The van der Waals surface area contributed by atoms with E-state index in [1.54, 1.807) is 16.8 Å². The molecule has 162 valence electrons. The van der Waals surface area contributed by atoms with Crippen LogP contribution in [0.1, 0.15) is 30.3 Å². The first kappa shape index (κ1) is 20.9. The summed E-state index contributed by atoms with van der Waals surface area (Å²) in [5.74, 6) is 1.45. The highest BCUT2D eigenvalue weighted by Gasteiger charge is 2.26. The Balaban J connectivity index is 1.46. The van der Waals surface area contributed by atoms with Crippen LogP contribution < -0.4 is 10.9 Å². The summed E-state index contributed by atoms with van der Waals surface area (Å²) < 4.78 is 3.68. The number of benzene rings is 1. The lowest BCUT2D eigenvalue weighted by Gasteiger charge is -2.34. The SMILES string of the molecule is Cn1ccnc1CC1CCCN(C(=O)NC(Cn2ccccc2=O)c2ccccc2)C1. The highest BCUT2D eigenvalue weighted by molar-refractivity contribution is 5.74. The molecule has 7 nitrogen and oxygen atoms in total. The molecule has 1 aromatic carbocycles. The molecule has 1 N–H and O–H groups in total. The quantitative estimate of drug-likeness (QED) is 0.668. The van der Waals surface area contributed by atoms with Crippen molar-refractivity contribution in [2.24, 2.45) is 13.0 Å². The van der Waals surface area contributed by atoms with Gasteiger partial charge < -0.3 is 19.4 Å². The number of likely N-dealkylation sites (tertiary alicyclic amines) is 1. The van der Waals surface area contributed by atoms with E-state index < -0.39 is 0 Å². The van der Waals surface area contributed by atoms with Crippen LogP contribution in [0, 0.1) is 5.92 Å². The van der Waals surface area contributed by atoms with E-state index in [0.717, 1.165) is 37.2 Å². The molecule has 1 aliphatic heterocycles. The number of carbonyl (C=O) groups excluding carboxylic acids is 1. The van der Waals surface area contributed by atoms with Crippen LogP contribution in [0.5, 0.6) is 0 Å². The maximum atomic E-state index is 13.2. The molecule has 0 aliphatic carbocycles. The number of hydrogen-bond donors (Lipinski definition) is 1. The molecule has 7 heteroatoms. The number of urea groups is 1. The second kappa shape index (κ2) is 9.64. The molecule has 1 aliphatic rings. The molecule has 2 unspecified atom stereocenters. The standard InChI is InChI=1S/C24H29N5O2/c1-27-15-12-25-22(27)16-19-8-7-14-29(17-19)24(31)26-21(20-9-3-2-4-10-20)18-28-13-6-5-11-23(28)30/h2-6,9-13,15,19,21H,7-8,14,16-18H2,1H3,(H,26,31). The van der Waals surface area contributed by atoms with Crippen LogP contribution in [-0.2, 0) is 20.0 Å². The number of amides is 2. The van der Waals surface area contributed by atoms with Gasteiger partial charge in [0.15, 0.2) is 0 Å². The number of nitrogens with zero attached hydrogens (tertiary/aromatic N) is 4. The third-order valence-corrected chi connectivity index (χ3v) is 5.98. The van der Waals surface area contributed by atoms with Gasteiger partial charge >= 0.3 is 6.03 Å². The summed E-state index contributed by atoms with van der Waals surface area (Å²) in [5, 5.41) is 3.18. The maximum absolute atomic E-state index is 13.2. The number of pyridine rings is 1. The molecule has 3 aromatic rings. The van der Waals surface area contributed by atoms with Gasteiger partial charge in [-0.25, -0.2) is 9.78 Å². The number of rotatable bonds is 6. The fourth-order valence-electron chi connectivity index (χ4n) is 4.24. The summed E-state index contributed by atoms with van der Waals surface area (Å²) in [5.41, 5.74) is 0.902. The lowest BCUT2D eigenvalue weighted by Crippen LogP contribution is -2.47. The Hall–Kier alpha value is -3.35. The Kier molecular flexibility index (Phi) is 6.50. The monoisotopic (exact) mass is 419 g/mol. The second-order valence-electron chi connectivity index (χ2n) is 8.22. The Morgan fingerprint density at radius 3 is 2.71 bits per heavy atom. The molecule has 0 spiro atoms. The number of imidazole rings is 1. The molecule has 4 rings (SSSR count). The van der Waals surface area contributed by atoms with Gasteiger partial charge in [-0.1, -0.05) is 36.4 Å². The summed E-state index contributed by atoms with van der Waals surface area (Å²) in [6.45, 7) is 1.85. The smallest absolute Gasteiger partial charge is 0.317 e. The van der Waals surface area contributed by atoms with Gasteiger partial charge in [0.05, 0.1) is 12.6 Å². The molecule has 2 atom stereocenters. The molecule has 1 saturated heterocycles. The third kappa shape index (κ3) is 5.23. The van der Waals surface area contributed by atoms with Crippen LogP contribution in [0.2, 0.25) is 0 Å². The van der Waals surface area contributed by atoms with Crippen LogP contribution in [-0.4, -0.2) is 38.1 Å². The van der Waals surface area contributed by atoms with E-state index in [-0.39, 0.29) is 17.6 Å². The highest BCUT2D eigenvalue weighted by atomic mass is 16.2. The number of nitrogens with one attached hydrogen (secondary N) is 1. The molecule has 2 amide bonds. The van der Waals surface area contributed by atoms with Gasteiger partial charge in [-0.05, 0) is 30.4 Å². The Labute approximate surface area is 182 Å². The fourth-order valence-corrected chi connectivity index (χ4v) is 4.24. The second-order valence-corrected chi connectivity index (χ2v) is 8.22. The van der Waals surface area contributed by atoms with Crippen LogP contribution in [0.25, 0.3) is 0 Å². The van der Waals surface area contributed by atoms with Gasteiger partial charge in [0.25, 0.3) is 5.56 Å². The minimum Gasteiger partial charge on any atom is -0.338 e. The third-order valence-electron chi connectivity index (χ3n) is 5.98. The average Bonchev–Trinajstić information content (AvgIpc) is 3.19. The van der Waals surface area contributed by atoms with Crippen LogP contribution in [0.3, 0.4) is 0 Å². The summed E-state index contributed by atoms with van der Waals surface area (Å²) in [4.78, 5) is 31.7. The zero-order valence-corrected chi connectivity index (χ0v) is 17.9. The molecule has 2 aromatic heterocycles. The Morgan fingerprint density at radius 1 is 1.16 bits per heavy atom. The summed E-state index contributed by atoms with van der Waals surface area (Å²) in [6, 6.07) is 14.5. The van der Waals surface area contributed by atoms with Crippen molar-refractivity contribution >= 4 is 6.03 Å². The van der Waals surface area contributed by atoms with E-state index in [9.17, 15) is 9.59 Å². The van der Waals surface area contributed by atoms with Gasteiger partial charge in [-0.2, -0.15) is 0 Å². The number of aromatic nitrogens is 3. The van der Waals surface area contributed by atoms with E-state index in [1.165, 1.54) is 6.07 Å². The van der Waals surface area contributed by atoms with Crippen LogP contribution in [0.4, 0.5) is 4.79 Å². The minimum absolute atomic E-state index is 0.0780. The molecule has 3 heterocycles. The maximum Gasteiger partial charge on any atom is 0.317 e. The molecular formula is C24H29N5O2. The van der Waals surface area contributed by atoms with E-state index in [1.807, 2.05) is 65.3 Å². The lowest BCUT2D eigenvalue weighted by atomic mass is 9.94. The number of piperidine rings is 1. The lowest BCUT2D eigenvalue weighted by molar-refractivity contribution is 0.160. The summed E-state index contributed by atoms with van der Waals surface area (Å²) in [7, 11) is 2.01. The van der Waals surface area contributed by atoms with E-state index in [4.69, 9.17) is 0 Å². The molecule has 1 fully saturated rings. The molecule has 0 radical (unpaired) electrons. The first-order valence-electron chi connectivity index (χ1n) is 10.8. The van der Waals surface area contributed by atoms with Crippen LogP contribution in [0.15, 0.2) is 71.9 Å². The minimum atomic E-state index is -0.288. The molecule has 0 saturated carbocycles. The fraction of sp³-hybridized carbons (Fsp3) is 0.375. The van der Waals surface area contributed by atoms with Gasteiger partial charge in [0.2, 0.25) is 0 Å². The summed E-state index contributed by atoms with van der Waals surface area (Å²) in [6.07, 6.45) is 8.48. The average molecular weight is 420 g/mol. The van der Waals surface area contributed by atoms with Crippen molar-refractivity contribution in [3.63, 3.8) is 0 Å². The van der Waals surface area contributed by atoms with Crippen molar-refractivity contribution in [3.8, 4) is 0 Å². The Bertz CT molecular complexity index is 1060. The van der Waals surface area contributed by atoms with Crippen molar-refractivity contribution in [1.29, 1.82) is 0 Å². The summed E-state index contributed by atoms with van der Waals surface area (Å²) >= 11 is 0. The normalized spacial score (nSPS) is 17.3. The van der Waals surface area contributed by atoms with Gasteiger partial charge in [-0.3, -0.25) is 4.79 Å². The molecular weight excluding hydrogens is 390 g/mol.